The summed E-state index contributed by atoms with van der Waals surface area (Å²) in [6.45, 7) is 7.94. The number of carbonyl (C=O) groups excluding carboxylic acids is 1. The van der Waals surface area contributed by atoms with Crippen LogP contribution in [0.4, 0.5) is 17.2 Å². The molecule has 1 amide bonds. The Kier molecular flexibility index (Phi) is 5.70. The number of hydrogen-bond acceptors (Lipinski definition) is 8. The number of aromatic nitrogens is 4. The lowest BCUT2D eigenvalue weighted by Crippen LogP contribution is -2.37. The summed E-state index contributed by atoms with van der Waals surface area (Å²) in [5.41, 5.74) is 7.51. The van der Waals surface area contributed by atoms with Gasteiger partial charge < -0.3 is 24.7 Å². The number of morpholine rings is 1. The van der Waals surface area contributed by atoms with Crippen LogP contribution in [-0.2, 0) is 17.7 Å². The predicted octanol–water partition coefficient (Wildman–Crippen LogP) is 4.56. The lowest BCUT2D eigenvalue weighted by atomic mass is 10.0. The van der Waals surface area contributed by atoms with Crippen LogP contribution in [0.3, 0.4) is 0 Å². The van der Waals surface area contributed by atoms with Crippen LogP contribution >= 0.6 is 0 Å². The monoisotopic (exact) mass is 523 g/mol. The van der Waals surface area contributed by atoms with Crippen molar-refractivity contribution in [2.24, 2.45) is 5.92 Å². The fourth-order valence-electron chi connectivity index (χ4n) is 5.60. The quantitative estimate of drug-likeness (QED) is 0.333. The average molecular weight is 524 g/mol. The van der Waals surface area contributed by atoms with Crippen LogP contribution in [-0.4, -0.2) is 51.8 Å². The highest BCUT2D eigenvalue weighted by molar-refractivity contribution is 6.07. The van der Waals surface area contributed by atoms with E-state index in [-0.39, 0.29) is 5.91 Å². The highest BCUT2D eigenvalue weighted by Gasteiger charge is 2.29. The van der Waals surface area contributed by atoms with Crippen molar-refractivity contribution in [3.63, 3.8) is 0 Å². The first-order valence-electron chi connectivity index (χ1n) is 13.3. The number of nitrogens with one attached hydrogen (secondary N) is 2. The smallest absolute Gasteiger partial charge is 0.254 e. The largest absolute Gasteiger partial charge is 0.464 e. The Morgan fingerprint density at radius 1 is 1.13 bits per heavy atom. The molecule has 198 valence electrons. The lowest BCUT2D eigenvalue weighted by Gasteiger charge is -2.30. The van der Waals surface area contributed by atoms with Gasteiger partial charge in [-0.2, -0.15) is 5.10 Å². The number of fused-ring (bicyclic) bond motifs is 4. The fourth-order valence-corrected chi connectivity index (χ4v) is 5.60. The van der Waals surface area contributed by atoms with E-state index in [4.69, 9.17) is 19.1 Å². The standard InChI is InChI=1S/C29H29N7O3/c1-17(2)13-21-23(35-8-11-38-12-9-35)3-4-25(33-21)34-22-16-30-27(19-14-31-29(37)26(19)22)20-15-32-36-7-5-24-18(28(20)36)6-10-39-24/h3-7,10,15-17H,8-9,11-14H2,1-2H3,(H,31,37)(H,33,34). The Bertz CT molecular complexity index is 1720. The van der Waals surface area contributed by atoms with Gasteiger partial charge in [0.2, 0.25) is 0 Å². The molecule has 0 saturated carbocycles. The molecule has 7 rings (SSSR count). The summed E-state index contributed by atoms with van der Waals surface area (Å²) < 4.78 is 13.0. The van der Waals surface area contributed by atoms with Gasteiger partial charge in [0.1, 0.15) is 11.4 Å². The van der Waals surface area contributed by atoms with Gasteiger partial charge in [0.25, 0.3) is 5.91 Å². The van der Waals surface area contributed by atoms with Gasteiger partial charge in [0.15, 0.2) is 0 Å². The van der Waals surface area contributed by atoms with Crippen LogP contribution in [0.25, 0.3) is 27.7 Å². The Morgan fingerprint density at radius 2 is 2.00 bits per heavy atom. The molecule has 5 aromatic rings. The number of ether oxygens (including phenoxy) is 1. The molecule has 1 saturated heterocycles. The molecule has 2 N–H and O–H groups in total. The Hall–Kier alpha value is -4.44. The van der Waals surface area contributed by atoms with Crippen molar-refractivity contribution in [1.82, 2.24) is 24.9 Å². The van der Waals surface area contributed by atoms with Gasteiger partial charge >= 0.3 is 0 Å². The highest BCUT2D eigenvalue weighted by Crippen LogP contribution is 2.37. The third-order valence-electron chi connectivity index (χ3n) is 7.37. The molecule has 0 aliphatic carbocycles. The number of anilines is 3. The Morgan fingerprint density at radius 3 is 2.85 bits per heavy atom. The van der Waals surface area contributed by atoms with Crippen molar-refractivity contribution in [1.29, 1.82) is 0 Å². The summed E-state index contributed by atoms with van der Waals surface area (Å²) in [5.74, 6) is 1.01. The summed E-state index contributed by atoms with van der Waals surface area (Å²) in [5, 5.41) is 11.9. The first kappa shape index (κ1) is 23.7. The summed E-state index contributed by atoms with van der Waals surface area (Å²) in [6.07, 6.45) is 7.91. The number of rotatable bonds is 6. The SMILES string of the molecule is CC(C)Cc1nc(Nc2cnc(-c3cnn4ccc5occc5c34)c3c2C(=O)NC3)ccc1N1CCOCC1. The van der Waals surface area contributed by atoms with Gasteiger partial charge in [-0.25, -0.2) is 9.50 Å². The number of nitrogens with zero attached hydrogens (tertiary/aromatic N) is 5. The van der Waals surface area contributed by atoms with E-state index < -0.39 is 0 Å². The van der Waals surface area contributed by atoms with E-state index in [1.54, 1.807) is 18.7 Å². The lowest BCUT2D eigenvalue weighted by molar-refractivity contribution is 0.0966. The van der Waals surface area contributed by atoms with E-state index in [0.29, 0.717) is 29.5 Å². The molecule has 5 aromatic heterocycles. The predicted molar refractivity (Wildman–Crippen MR) is 148 cm³/mol. The third kappa shape index (κ3) is 4.08. The van der Waals surface area contributed by atoms with Crippen LogP contribution in [0.5, 0.6) is 0 Å². The number of furan rings is 1. The molecule has 10 nitrogen and oxygen atoms in total. The first-order chi connectivity index (χ1) is 19.1. The van der Waals surface area contributed by atoms with Gasteiger partial charge in [-0.1, -0.05) is 13.8 Å². The molecule has 0 atom stereocenters. The van der Waals surface area contributed by atoms with E-state index in [1.165, 1.54) is 0 Å². The van der Waals surface area contributed by atoms with E-state index >= 15 is 0 Å². The molecule has 2 aliphatic heterocycles. The maximum Gasteiger partial charge on any atom is 0.254 e. The fraction of sp³-hybridized carbons (Fsp3) is 0.310. The van der Waals surface area contributed by atoms with Gasteiger partial charge in [0.05, 0.1) is 65.7 Å². The molecule has 0 bridgehead atoms. The maximum absolute atomic E-state index is 13.1. The van der Waals surface area contributed by atoms with Gasteiger partial charge in [-0.3, -0.25) is 9.78 Å². The minimum absolute atomic E-state index is 0.131. The van der Waals surface area contributed by atoms with Crippen LogP contribution < -0.4 is 15.5 Å². The number of pyridine rings is 3. The minimum Gasteiger partial charge on any atom is -0.464 e. The highest BCUT2D eigenvalue weighted by atomic mass is 16.5. The molecule has 0 radical (unpaired) electrons. The normalized spacial score (nSPS) is 15.4. The summed E-state index contributed by atoms with van der Waals surface area (Å²) in [4.78, 5) is 25.2. The molecule has 39 heavy (non-hydrogen) atoms. The third-order valence-corrected chi connectivity index (χ3v) is 7.37. The van der Waals surface area contributed by atoms with Crippen molar-refractivity contribution >= 4 is 39.6 Å². The Labute approximate surface area is 225 Å². The van der Waals surface area contributed by atoms with Crippen LogP contribution in [0, 0.1) is 5.92 Å². The Balaban J connectivity index is 1.28. The van der Waals surface area contributed by atoms with Gasteiger partial charge in [-0.15, -0.1) is 0 Å². The molecule has 2 aliphatic rings. The molecule has 7 heterocycles. The second-order valence-electron chi connectivity index (χ2n) is 10.4. The molecule has 1 fully saturated rings. The average Bonchev–Trinajstić information content (AvgIpc) is 3.68. The van der Waals surface area contributed by atoms with Crippen molar-refractivity contribution in [3.8, 4) is 11.3 Å². The number of hydrogen-bond donors (Lipinski definition) is 2. The van der Waals surface area contributed by atoms with E-state index in [2.05, 4.69) is 40.5 Å². The van der Waals surface area contributed by atoms with Crippen LogP contribution in [0.15, 0.2) is 53.5 Å². The number of amides is 1. The van der Waals surface area contributed by atoms with Gasteiger partial charge in [-0.05, 0) is 36.6 Å². The van der Waals surface area contributed by atoms with E-state index in [0.717, 1.165) is 77.4 Å². The summed E-state index contributed by atoms with van der Waals surface area (Å²) >= 11 is 0. The summed E-state index contributed by atoms with van der Waals surface area (Å²) in [6, 6.07) is 7.91. The summed E-state index contributed by atoms with van der Waals surface area (Å²) in [7, 11) is 0. The van der Waals surface area contributed by atoms with Crippen LogP contribution in [0.2, 0.25) is 0 Å². The zero-order chi connectivity index (χ0) is 26.5. The van der Waals surface area contributed by atoms with E-state index in [9.17, 15) is 4.79 Å². The van der Waals surface area contributed by atoms with Crippen molar-refractivity contribution in [2.45, 2.75) is 26.8 Å². The van der Waals surface area contributed by atoms with Crippen LogP contribution in [0.1, 0.15) is 35.5 Å². The maximum atomic E-state index is 13.1. The minimum atomic E-state index is -0.131. The molecule has 0 unspecified atom stereocenters. The second kappa shape index (κ2) is 9.39. The van der Waals surface area contributed by atoms with Crippen molar-refractivity contribution in [3.05, 3.63) is 65.9 Å². The molecular formula is C29H29N7O3. The van der Waals surface area contributed by atoms with Crippen molar-refractivity contribution < 1.29 is 13.9 Å². The molecule has 0 spiro atoms. The van der Waals surface area contributed by atoms with Gasteiger partial charge in [0, 0.05) is 42.3 Å². The zero-order valence-corrected chi connectivity index (χ0v) is 21.9. The number of carbonyl (C=O) groups is 1. The molecular weight excluding hydrogens is 494 g/mol. The van der Waals surface area contributed by atoms with Crippen molar-refractivity contribution in [2.75, 3.05) is 36.5 Å². The zero-order valence-electron chi connectivity index (χ0n) is 21.9. The topological polar surface area (TPSA) is 110 Å². The second-order valence-corrected chi connectivity index (χ2v) is 10.4. The molecule has 10 heteroatoms. The molecule has 0 aromatic carbocycles. The first-order valence-corrected chi connectivity index (χ1v) is 13.3. The van der Waals surface area contributed by atoms with E-state index in [1.807, 2.05) is 28.9 Å².